The highest BCUT2D eigenvalue weighted by molar-refractivity contribution is 14.0. The number of hydrogen-bond acceptors (Lipinski definition) is 5. The molecule has 32 heavy (non-hydrogen) atoms. The lowest BCUT2D eigenvalue weighted by atomic mass is 9.92. The van der Waals surface area contributed by atoms with E-state index in [2.05, 4.69) is 41.2 Å². The molecule has 0 saturated carbocycles. The molecule has 0 spiro atoms. The Morgan fingerprint density at radius 3 is 2.50 bits per heavy atom. The van der Waals surface area contributed by atoms with Gasteiger partial charge in [0.05, 0.1) is 25.7 Å². The first-order valence-corrected chi connectivity index (χ1v) is 12.4. The smallest absolute Gasteiger partial charge is 0.221 e. The number of hydrogen-bond donors (Lipinski definition) is 3. The van der Waals surface area contributed by atoms with Gasteiger partial charge in [0, 0.05) is 38.8 Å². The van der Waals surface area contributed by atoms with E-state index in [0.717, 1.165) is 90.8 Å². The zero-order valence-electron chi connectivity index (χ0n) is 20.5. The highest BCUT2D eigenvalue weighted by atomic mass is 127. The number of likely N-dealkylation sites (tertiary alicyclic amines) is 1. The van der Waals surface area contributed by atoms with Crippen LogP contribution in [0.15, 0.2) is 4.99 Å². The van der Waals surface area contributed by atoms with Crippen molar-refractivity contribution in [3.8, 4) is 0 Å². The molecule has 0 aliphatic carbocycles. The Morgan fingerprint density at radius 1 is 1.16 bits per heavy atom. The summed E-state index contributed by atoms with van der Waals surface area (Å²) in [5.41, 5.74) is 5.50. The van der Waals surface area contributed by atoms with Crippen molar-refractivity contribution in [2.24, 2.45) is 22.6 Å². The van der Waals surface area contributed by atoms with E-state index in [9.17, 15) is 4.79 Å². The standard InChI is InChI=1S/C23H46N6O2.HI/c1-4-19(5-2)21(29-13-15-31-16-14-29)17-27-23(25-6-3)26-10-8-12-28-11-7-9-20(18-28)22(24)30;/h19-21H,4-18H2,1-3H3,(H2,24,30)(H2,25,26,27);1H. The Hall–Kier alpha value is -0.650. The van der Waals surface area contributed by atoms with Crippen LogP contribution in [0.5, 0.6) is 0 Å². The largest absolute Gasteiger partial charge is 0.379 e. The van der Waals surface area contributed by atoms with Crippen LogP contribution in [0.25, 0.3) is 0 Å². The number of ether oxygens (including phenoxy) is 1. The number of morpholine rings is 1. The Balaban J connectivity index is 0.00000512. The molecule has 2 heterocycles. The molecule has 2 atom stereocenters. The molecule has 0 aromatic heterocycles. The third-order valence-corrected chi connectivity index (χ3v) is 6.74. The average Bonchev–Trinajstić information content (AvgIpc) is 2.80. The van der Waals surface area contributed by atoms with Crippen LogP contribution in [0.2, 0.25) is 0 Å². The maximum Gasteiger partial charge on any atom is 0.221 e. The number of aliphatic imine (C=N–C) groups is 1. The van der Waals surface area contributed by atoms with Crippen molar-refractivity contribution in [1.29, 1.82) is 0 Å². The van der Waals surface area contributed by atoms with Gasteiger partial charge in [-0.05, 0) is 45.2 Å². The minimum absolute atomic E-state index is 0. The molecule has 2 aliphatic rings. The lowest BCUT2D eigenvalue weighted by Gasteiger charge is -2.38. The van der Waals surface area contributed by atoms with Crippen LogP contribution in [-0.2, 0) is 9.53 Å². The van der Waals surface area contributed by atoms with E-state index in [-0.39, 0.29) is 35.8 Å². The Labute approximate surface area is 212 Å². The number of carbonyl (C=O) groups excluding carboxylic acids is 1. The van der Waals surface area contributed by atoms with Gasteiger partial charge >= 0.3 is 0 Å². The third kappa shape index (κ3) is 10.1. The van der Waals surface area contributed by atoms with Crippen molar-refractivity contribution in [3.63, 3.8) is 0 Å². The topological polar surface area (TPSA) is 95.2 Å². The molecular weight excluding hydrogens is 519 g/mol. The average molecular weight is 567 g/mol. The number of guanidine groups is 1. The number of primary amides is 1. The van der Waals surface area contributed by atoms with Gasteiger partial charge in [-0.15, -0.1) is 24.0 Å². The van der Waals surface area contributed by atoms with Gasteiger partial charge in [0.2, 0.25) is 5.91 Å². The molecule has 2 unspecified atom stereocenters. The van der Waals surface area contributed by atoms with E-state index >= 15 is 0 Å². The van der Waals surface area contributed by atoms with Crippen molar-refractivity contribution in [3.05, 3.63) is 0 Å². The fourth-order valence-corrected chi connectivity index (χ4v) is 4.83. The van der Waals surface area contributed by atoms with Crippen LogP contribution in [0.3, 0.4) is 0 Å². The number of nitrogens with one attached hydrogen (secondary N) is 2. The normalized spacial score (nSPS) is 21.8. The second-order valence-electron chi connectivity index (χ2n) is 8.83. The summed E-state index contributed by atoms with van der Waals surface area (Å²) in [7, 11) is 0. The van der Waals surface area contributed by atoms with Gasteiger partial charge in [-0.2, -0.15) is 0 Å². The highest BCUT2D eigenvalue weighted by Gasteiger charge is 2.27. The van der Waals surface area contributed by atoms with E-state index in [4.69, 9.17) is 15.5 Å². The van der Waals surface area contributed by atoms with Crippen LogP contribution in [-0.4, -0.2) is 93.3 Å². The molecule has 2 saturated heterocycles. The summed E-state index contributed by atoms with van der Waals surface area (Å²) in [4.78, 5) is 21.4. The second-order valence-corrected chi connectivity index (χ2v) is 8.83. The first-order valence-electron chi connectivity index (χ1n) is 12.4. The number of amides is 1. The minimum Gasteiger partial charge on any atom is -0.379 e. The second kappa shape index (κ2) is 16.9. The summed E-state index contributed by atoms with van der Waals surface area (Å²) >= 11 is 0. The summed E-state index contributed by atoms with van der Waals surface area (Å²) in [6.45, 7) is 15.7. The van der Waals surface area contributed by atoms with E-state index in [1.54, 1.807) is 0 Å². The SMILES string of the molecule is CCNC(=NCC(C(CC)CC)N1CCOCC1)NCCCN1CCCC(C(N)=O)C1.I. The summed E-state index contributed by atoms with van der Waals surface area (Å²) in [6.07, 6.45) is 5.38. The number of halogens is 1. The zero-order chi connectivity index (χ0) is 22.5. The van der Waals surface area contributed by atoms with Crippen molar-refractivity contribution >= 4 is 35.8 Å². The molecule has 2 aliphatic heterocycles. The molecular formula is C23H47IN6O2. The molecule has 9 heteroatoms. The van der Waals surface area contributed by atoms with Gasteiger partial charge in [-0.1, -0.05) is 26.7 Å². The van der Waals surface area contributed by atoms with Crippen molar-refractivity contribution < 1.29 is 9.53 Å². The molecule has 8 nitrogen and oxygen atoms in total. The molecule has 1 amide bonds. The molecule has 188 valence electrons. The first kappa shape index (κ1) is 29.4. The van der Waals surface area contributed by atoms with Gasteiger partial charge in [-0.25, -0.2) is 0 Å². The quantitative estimate of drug-likeness (QED) is 0.145. The molecule has 2 rings (SSSR count). The number of nitrogens with zero attached hydrogens (tertiary/aromatic N) is 3. The molecule has 0 bridgehead atoms. The highest BCUT2D eigenvalue weighted by Crippen LogP contribution is 2.20. The summed E-state index contributed by atoms with van der Waals surface area (Å²) < 4.78 is 5.56. The third-order valence-electron chi connectivity index (χ3n) is 6.74. The monoisotopic (exact) mass is 566 g/mol. The fraction of sp³-hybridized carbons (Fsp3) is 0.913. The van der Waals surface area contributed by atoms with Gasteiger partial charge < -0.3 is 26.0 Å². The maximum atomic E-state index is 11.5. The van der Waals surface area contributed by atoms with Crippen LogP contribution < -0.4 is 16.4 Å². The Bertz CT molecular complexity index is 541. The van der Waals surface area contributed by atoms with Gasteiger partial charge in [-0.3, -0.25) is 14.7 Å². The molecule has 4 N–H and O–H groups in total. The minimum atomic E-state index is -0.156. The van der Waals surface area contributed by atoms with Gasteiger partial charge in [0.15, 0.2) is 5.96 Å². The van der Waals surface area contributed by atoms with Crippen molar-refractivity contribution in [2.75, 3.05) is 65.6 Å². The number of piperidine rings is 1. The summed E-state index contributed by atoms with van der Waals surface area (Å²) in [6, 6.07) is 0.466. The lowest BCUT2D eigenvalue weighted by Crippen LogP contribution is -2.49. The van der Waals surface area contributed by atoms with E-state index in [1.165, 1.54) is 12.8 Å². The van der Waals surface area contributed by atoms with E-state index < -0.39 is 0 Å². The van der Waals surface area contributed by atoms with Crippen molar-refractivity contribution in [2.45, 2.75) is 58.9 Å². The maximum absolute atomic E-state index is 11.5. The van der Waals surface area contributed by atoms with Crippen molar-refractivity contribution in [1.82, 2.24) is 20.4 Å². The van der Waals surface area contributed by atoms with Crippen LogP contribution in [0.1, 0.15) is 52.9 Å². The lowest BCUT2D eigenvalue weighted by molar-refractivity contribution is -0.123. The van der Waals surface area contributed by atoms with E-state index in [1.807, 2.05) is 0 Å². The molecule has 0 aromatic carbocycles. The van der Waals surface area contributed by atoms with Crippen LogP contribution in [0, 0.1) is 11.8 Å². The van der Waals surface area contributed by atoms with Crippen LogP contribution in [0.4, 0.5) is 0 Å². The van der Waals surface area contributed by atoms with Crippen LogP contribution >= 0.6 is 24.0 Å². The molecule has 0 aromatic rings. The number of rotatable bonds is 12. The van der Waals surface area contributed by atoms with Gasteiger partial charge in [0.25, 0.3) is 0 Å². The number of nitrogens with two attached hydrogens (primary N) is 1. The molecule has 0 radical (unpaired) electrons. The number of carbonyl (C=O) groups is 1. The predicted molar refractivity (Wildman–Crippen MR) is 143 cm³/mol. The Morgan fingerprint density at radius 2 is 1.88 bits per heavy atom. The fourth-order valence-electron chi connectivity index (χ4n) is 4.83. The predicted octanol–water partition coefficient (Wildman–Crippen LogP) is 1.88. The molecule has 2 fully saturated rings. The van der Waals surface area contributed by atoms with E-state index in [0.29, 0.717) is 12.0 Å². The Kier molecular flexibility index (Phi) is 15.5. The zero-order valence-corrected chi connectivity index (χ0v) is 22.8. The summed E-state index contributed by atoms with van der Waals surface area (Å²) in [5.74, 6) is 1.42. The first-order chi connectivity index (χ1) is 15.1. The van der Waals surface area contributed by atoms with Gasteiger partial charge in [0.1, 0.15) is 0 Å². The summed E-state index contributed by atoms with van der Waals surface area (Å²) in [5, 5.41) is 6.90.